The first-order valence-electron chi connectivity index (χ1n) is 8.78. The van der Waals surface area contributed by atoms with Crippen LogP contribution in [0.2, 0.25) is 0 Å². The summed E-state index contributed by atoms with van der Waals surface area (Å²) in [6.45, 7) is 0. The first-order chi connectivity index (χ1) is 22.5. The van der Waals surface area contributed by atoms with Crippen LogP contribution >= 0.6 is 7.82 Å². The fourth-order valence-electron chi connectivity index (χ4n) is 1.41. The molecule has 0 spiro atoms. The summed E-state index contributed by atoms with van der Waals surface area (Å²) in [7, 11) is -7.91. The zero-order valence-corrected chi connectivity index (χ0v) is 50.9. The summed E-state index contributed by atoms with van der Waals surface area (Å²) < 4.78 is 347. The normalized spacial score (nSPS) is 15.3. The fraction of sp³-hybridized carbons (Fsp3) is 0. The van der Waals surface area contributed by atoms with Gasteiger partial charge < -0.3 is 0 Å². The molecular formula is H3KMo12O40P+. The third kappa shape index (κ3) is 29.9. The van der Waals surface area contributed by atoms with Gasteiger partial charge >= 0.3 is 385 Å². The van der Waals surface area contributed by atoms with Gasteiger partial charge in [-0.25, -0.2) is 0 Å². The molecule has 54 heteroatoms. The maximum Gasteiger partial charge on any atom is 1.00 e. The Kier molecular flexibility index (Phi) is 23.3. The van der Waals surface area contributed by atoms with E-state index in [1.807, 2.05) is 0 Å². The van der Waals surface area contributed by atoms with Gasteiger partial charge in [0.05, 0.1) is 0 Å². The molecule has 0 rings (SSSR count). The molecule has 320 valence electrons. The molecule has 0 aromatic heterocycles. The van der Waals surface area contributed by atoms with Crippen LogP contribution in [0, 0.1) is 0 Å². The van der Waals surface area contributed by atoms with E-state index in [1.54, 1.807) is 0 Å². The Balaban J connectivity index is 0. The van der Waals surface area contributed by atoms with Crippen molar-refractivity contribution in [3.63, 3.8) is 0 Å². The Morgan fingerprint density at radius 3 is 0.537 bits per heavy atom. The van der Waals surface area contributed by atoms with Crippen molar-refractivity contribution in [3.8, 4) is 0 Å². The van der Waals surface area contributed by atoms with Crippen molar-refractivity contribution in [2.75, 3.05) is 0 Å². The van der Waals surface area contributed by atoms with Crippen LogP contribution in [0.1, 0.15) is 0 Å². The van der Waals surface area contributed by atoms with Crippen LogP contribution in [-0.2, 0) is 315 Å². The van der Waals surface area contributed by atoms with E-state index < -0.39 is 209 Å². The van der Waals surface area contributed by atoms with Gasteiger partial charge in [0.2, 0.25) is 0 Å². The van der Waals surface area contributed by atoms with Gasteiger partial charge in [0, 0.05) is 0 Å². The van der Waals surface area contributed by atoms with Crippen molar-refractivity contribution < 1.29 is 378 Å². The molecule has 54 heavy (non-hydrogen) atoms. The fourth-order valence-corrected chi connectivity index (χ4v) is 60.4. The second-order valence-electron chi connectivity index (χ2n) is 6.24. The Morgan fingerprint density at radius 2 is 0.389 bits per heavy atom. The quantitative estimate of drug-likeness (QED) is 0.0597. The first-order valence-corrected chi connectivity index (χ1v) is 49.8. The molecule has 0 aliphatic heterocycles. The second kappa shape index (κ2) is 20.7. The van der Waals surface area contributed by atoms with Gasteiger partial charge in [-0.2, -0.15) is 0 Å². The van der Waals surface area contributed by atoms with Crippen LogP contribution in [-0.4, -0.2) is 11.3 Å². The number of hydrogen-bond acceptors (Lipinski definition) is 37. The topological polar surface area (TPSA) is 598 Å². The summed E-state index contributed by atoms with van der Waals surface area (Å²) in [5.41, 5.74) is 0. The zero-order valence-electron chi connectivity index (χ0n) is 22.8. The molecule has 0 aromatic carbocycles. The molecule has 0 atom stereocenters. The van der Waals surface area contributed by atoms with Crippen molar-refractivity contribution in [1.29, 1.82) is 0 Å². The molecule has 0 bridgehead atoms. The first kappa shape index (κ1) is 60.8. The summed E-state index contributed by atoms with van der Waals surface area (Å²) in [6, 6.07) is 0. The summed E-state index contributed by atoms with van der Waals surface area (Å²) >= 11 is -97.4. The molecule has 0 saturated heterocycles. The van der Waals surface area contributed by atoms with Gasteiger partial charge in [-0.1, -0.05) is 0 Å². The summed E-state index contributed by atoms with van der Waals surface area (Å²) in [5, 5.41) is 0. The monoisotopic (exact) mass is 1890 g/mol. The van der Waals surface area contributed by atoms with Crippen molar-refractivity contribution >= 4 is 7.82 Å². The van der Waals surface area contributed by atoms with Crippen LogP contribution in [0.25, 0.3) is 0 Å². The summed E-state index contributed by atoms with van der Waals surface area (Å²) in [4.78, 5) is 0. The van der Waals surface area contributed by atoms with Crippen LogP contribution in [0.15, 0.2) is 0 Å². The van der Waals surface area contributed by atoms with E-state index in [1.165, 1.54) is 0 Å². The SMILES string of the molecule is O=P([O][Mo](=[O])(=[O])[O][Mo](=[O])(=[O])[O][Mo](=[O])(=[O])[O][Mo](=[O])(=[O])[OH])([O][Mo](=[O])(=[O])[O][Mo](=[O])(=[O])[O][Mo](=[O])(=[O])[O][Mo](=[O])(=[O])[OH])[O][Mo](=[O])(=[O])[O][Mo](=[O])(=[O])[O][Mo](=[O])(=[O])[O][Mo](=[O])(=[O])[OH].[K+]. The van der Waals surface area contributed by atoms with Crippen molar-refractivity contribution in [3.05, 3.63) is 0 Å². The van der Waals surface area contributed by atoms with Gasteiger partial charge in [-0.15, -0.1) is 0 Å². The molecule has 0 amide bonds. The Bertz CT molecular complexity index is 2510. The molecule has 0 saturated carbocycles. The van der Waals surface area contributed by atoms with Gasteiger partial charge in [-0.05, 0) is 0 Å². The van der Waals surface area contributed by atoms with Crippen LogP contribution in [0.3, 0.4) is 0 Å². The zero-order chi connectivity index (χ0) is 43.0. The molecule has 0 aromatic rings. The standard InChI is InChI=1S/K.12Mo.H3O4P.3H2O.33O/c;;;;;;;;;;;;;1-5(2,3)4;;;;;;;;;;;;;;;;;;;;;;;;;;;;;;;;;;;;/h;;;;;;;;;;;;;(H3,1,2,3,4);3*1H2;;;;;;;;;;;;;;;;;;;;;;;;;;;;;;;;;/q+1;;;;;;;6*+1;;;;;;;;;;;;;;;;;;;;;;;;;;;;;;;;;;;;;/p-6. The minimum Gasteiger partial charge on any atom is 1.00 e. The van der Waals surface area contributed by atoms with Gasteiger partial charge in [0.1, 0.15) is 0 Å². The van der Waals surface area contributed by atoms with Gasteiger partial charge in [0.15, 0.2) is 0 Å². The summed E-state index contributed by atoms with van der Waals surface area (Å²) in [5.74, 6) is 0. The number of phosphoric acid groups is 1. The Hall–Kier alpha value is 4.73. The molecule has 0 aliphatic rings. The van der Waals surface area contributed by atoms with Crippen LogP contribution in [0.5, 0.6) is 0 Å². The Labute approximate surface area is 376 Å². The average molecular weight is 1860 g/mol. The molecule has 0 radical (unpaired) electrons. The number of hydrogen-bond donors (Lipinski definition) is 3. The molecule has 0 fully saturated rings. The molecule has 3 N–H and O–H groups in total. The predicted octanol–water partition coefficient (Wildman–Crippen LogP) is -7.63. The van der Waals surface area contributed by atoms with E-state index in [0.717, 1.165) is 0 Å². The third-order valence-corrected chi connectivity index (χ3v) is 62.5. The van der Waals surface area contributed by atoms with Crippen molar-refractivity contribution in [2.24, 2.45) is 0 Å². The average Bonchev–Trinajstić information content (AvgIpc) is 2.58. The van der Waals surface area contributed by atoms with E-state index in [-0.39, 0.29) is 51.4 Å². The van der Waals surface area contributed by atoms with E-state index in [2.05, 4.69) is 27.9 Å². The predicted molar refractivity (Wildman–Crippen MR) is 43.8 cm³/mol. The molecule has 0 unspecified atom stereocenters. The van der Waals surface area contributed by atoms with Crippen LogP contribution < -0.4 is 51.4 Å². The number of rotatable bonds is 24. The smallest absolute Gasteiger partial charge is 1.00 e. The third-order valence-electron chi connectivity index (χ3n) is 2.06. The van der Waals surface area contributed by atoms with Gasteiger partial charge in [0.25, 0.3) is 0 Å². The minimum absolute atomic E-state index is 0. The summed E-state index contributed by atoms with van der Waals surface area (Å²) in [6.07, 6.45) is 0. The van der Waals surface area contributed by atoms with E-state index >= 15 is 0 Å². The minimum atomic E-state index is -8.79. The van der Waals surface area contributed by atoms with E-state index in [4.69, 9.17) is 11.3 Å². The molecule has 0 heterocycles. The molecule has 40 nitrogen and oxygen atoms in total. The Morgan fingerprint density at radius 1 is 0.259 bits per heavy atom. The van der Waals surface area contributed by atoms with E-state index in [9.17, 15) is 86.1 Å². The van der Waals surface area contributed by atoms with Crippen molar-refractivity contribution in [1.82, 2.24) is 0 Å². The largest absolute Gasteiger partial charge is 1.00 e. The van der Waals surface area contributed by atoms with E-state index in [0.29, 0.717) is 0 Å². The molecular weight excluding hydrogens is 1860 g/mol. The van der Waals surface area contributed by atoms with Crippen LogP contribution in [0.4, 0.5) is 0 Å². The molecule has 0 aliphatic carbocycles. The van der Waals surface area contributed by atoms with Gasteiger partial charge in [-0.3, -0.25) is 0 Å². The maximum absolute atomic E-state index is 12.8. The second-order valence-corrected chi connectivity index (χ2v) is 56.1. The van der Waals surface area contributed by atoms with Crippen molar-refractivity contribution in [2.45, 2.75) is 0 Å². The maximum atomic E-state index is 12.8.